The van der Waals surface area contributed by atoms with E-state index < -0.39 is 0 Å². The third kappa shape index (κ3) is 3.84. The number of nitrogens with zero attached hydrogens (tertiary/aromatic N) is 4. The van der Waals surface area contributed by atoms with Crippen LogP contribution >= 0.6 is 11.3 Å². The summed E-state index contributed by atoms with van der Waals surface area (Å²) in [5.41, 5.74) is 7.65. The highest BCUT2D eigenvalue weighted by atomic mass is 32.1. The number of thiophene rings is 1. The molecule has 0 aliphatic carbocycles. The van der Waals surface area contributed by atoms with Crippen LogP contribution in [0.2, 0.25) is 0 Å². The fraction of sp³-hybridized carbons (Fsp3) is 0.350. The molecule has 0 unspecified atom stereocenters. The molecular weight excluding hydrogens is 374 g/mol. The van der Waals surface area contributed by atoms with Crippen molar-refractivity contribution in [2.75, 3.05) is 44.7 Å². The molecule has 4 rings (SSSR count). The first-order valence-corrected chi connectivity index (χ1v) is 10.1. The zero-order chi connectivity index (χ0) is 19.5. The molecule has 0 spiro atoms. The summed E-state index contributed by atoms with van der Waals surface area (Å²) in [4.78, 5) is 26.1. The highest BCUT2D eigenvalue weighted by Crippen LogP contribution is 2.38. The molecule has 8 heteroatoms. The number of anilines is 1. The summed E-state index contributed by atoms with van der Waals surface area (Å²) < 4.78 is 5.27. The molecule has 2 aromatic heterocycles. The number of fused-ring (bicyclic) bond motifs is 1. The first-order chi connectivity index (χ1) is 13.7. The van der Waals surface area contributed by atoms with Gasteiger partial charge in [-0.3, -0.25) is 9.69 Å². The predicted molar refractivity (Wildman–Crippen MR) is 111 cm³/mol. The van der Waals surface area contributed by atoms with E-state index in [-0.39, 0.29) is 5.91 Å². The van der Waals surface area contributed by atoms with Gasteiger partial charge < -0.3 is 15.4 Å². The molecule has 146 valence electrons. The Morgan fingerprint density at radius 1 is 1.18 bits per heavy atom. The van der Waals surface area contributed by atoms with Crippen LogP contribution in [0.15, 0.2) is 35.7 Å². The van der Waals surface area contributed by atoms with E-state index in [4.69, 9.17) is 20.4 Å². The van der Waals surface area contributed by atoms with Crippen LogP contribution in [0.3, 0.4) is 0 Å². The van der Waals surface area contributed by atoms with Gasteiger partial charge in [-0.05, 0) is 5.56 Å². The number of hydrogen-bond acceptors (Lipinski definition) is 7. The molecule has 0 bridgehead atoms. The standard InChI is InChI=1S/C20H23N5O2S/c1-27-12-17-22-19(25-9-7-24(8-10-25)11-16(21)26)18-15(13-28-20(18)23-17)14-5-3-2-4-6-14/h2-6,13H,7-12H2,1H3,(H2,21,26). The van der Waals surface area contributed by atoms with Gasteiger partial charge in [0.2, 0.25) is 5.91 Å². The van der Waals surface area contributed by atoms with Crippen LogP contribution < -0.4 is 10.6 Å². The summed E-state index contributed by atoms with van der Waals surface area (Å²) >= 11 is 1.63. The van der Waals surface area contributed by atoms with E-state index in [9.17, 15) is 4.79 Å². The van der Waals surface area contributed by atoms with Crippen molar-refractivity contribution in [1.29, 1.82) is 0 Å². The van der Waals surface area contributed by atoms with Gasteiger partial charge in [0.15, 0.2) is 5.82 Å². The lowest BCUT2D eigenvalue weighted by Crippen LogP contribution is -2.49. The number of methoxy groups -OCH3 is 1. The van der Waals surface area contributed by atoms with Crippen molar-refractivity contribution in [3.8, 4) is 11.1 Å². The van der Waals surface area contributed by atoms with Gasteiger partial charge in [0.1, 0.15) is 17.3 Å². The van der Waals surface area contributed by atoms with Crippen molar-refractivity contribution in [2.24, 2.45) is 5.73 Å². The number of piperazine rings is 1. The van der Waals surface area contributed by atoms with Crippen molar-refractivity contribution in [3.05, 3.63) is 41.5 Å². The van der Waals surface area contributed by atoms with Gasteiger partial charge in [-0.1, -0.05) is 30.3 Å². The fourth-order valence-corrected chi connectivity index (χ4v) is 4.52. The normalized spacial score (nSPS) is 15.2. The number of hydrogen-bond donors (Lipinski definition) is 1. The van der Waals surface area contributed by atoms with Crippen LogP contribution in [0.5, 0.6) is 0 Å². The van der Waals surface area contributed by atoms with E-state index in [0.717, 1.165) is 53.3 Å². The third-order valence-electron chi connectivity index (χ3n) is 4.87. The topological polar surface area (TPSA) is 84.6 Å². The van der Waals surface area contributed by atoms with Gasteiger partial charge in [0.05, 0.1) is 11.9 Å². The number of ether oxygens (including phenoxy) is 1. The molecular formula is C20H23N5O2S. The maximum atomic E-state index is 11.2. The molecule has 7 nitrogen and oxygen atoms in total. The van der Waals surface area contributed by atoms with Crippen molar-refractivity contribution >= 4 is 33.3 Å². The molecule has 1 fully saturated rings. The molecule has 3 heterocycles. The van der Waals surface area contributed by atoms with Crippen LogP contribution in [0.25, 0.3) is 21.3 Å². The largest absolute Gasteiger partial charge is 0.377 e. The molecule has 1 amide bonds. The van der Waals surface area contributed by atoms with Crippen LogP contribution in [0.1, 0.15) is 5.82 Å². The Labute approximate surface area is 167 Å². The summed E-state index contributed by atoms with van der Waals surface area (Å²) in [6, 6.07) is 10.3. The van der Waals surface area contributed by atoms with Gasteiger partial charge in [0, 0.05) is 44.2 Å². The molecule has 0 atom stereocenters. The second-order valence-electron chi connectivity index (χ2n) is 6.82. The van der Waals surface area contributed by atoms with Gasteiger partial charge in [-0.25, -0.2) is 9.97 Å². The van der Waals surface area contributed by atoms with Crippen molar-refractivity contribution < 1.29 is 9.53 Å². The van der Waals surface area contributed by atoms with E-state index in [1.807, 2.05) is 18.2 Å². The van der Waals surface area contributed by atoms with Gasteiger partial charge in [0.25, 0.3) is 0 Å². The van der Waals surface area contributed by atoms with Gasteiger partial charge >= 0.3 is 0 Å². The second kappa shape index (κ2) is 8.22. The molecule has 1 aromatic carbocycles. The Hall–Kier alpha value is -2.55. The van der Waals surface area contributed by atoms with Crippen molar-refractivity contribution in [2.45, 2.75) is 6.61 Å². The lowest BCUT2D eigenvalue weighted by atomic mass is 10.1. The molecule has 2 N–H and O–H groups in total. The molecule has 1 aliphatic heterocycles. The Morgan fingerprint density at radius 3 is 2.61 bits per heavy atom. The SMILES string of the molecule is COCc1nc(N2CCN(CC(N)=O)CC2)c2c(-c3ccccc3)csc2n1. The number of primary amides is 1. The zero-order valence-electron chi connectivity index (χ0n) is 15.8. The zero-order valence-corrected chi connectivity index (χ0v) is 16.6. The number of carbonyl (C=O) groups excluding carboxylic acids is 1. The summed E-state index contributed by atoms with van der Waals surface area (Å²) in [5.74, 6) is 1.34. The van der Waals surface area contributed by atoms with Crippen molar-refractivity contribution in [3.63, 3.8) is 0 Å². The maximum Gasteiger partial charge on any atom is 0.231 e. The van der Waals surface area contributed by atoms with E-state index >= 15 is 0 Å². The summed E-state index contributed by atoms with van der Waals surface area (Å²) in [6.07, 6.45) is 0. The van der Waals surface area contributed by atoms with Crippen LogP contribution in [0.4, 0.5) is 5.82 Å². The Balaban J connectivity index is 1.73. The Kier molecular flexibility index (Phi) is 5.52. The fourth-order valence-electron chi connectivity index (χ4n) is 3.56. The second-order valence-corrected chi connectivity index (χ2v) is 7.68. The number of carbonyl (C=O) groups is 1. The Morgan fingerprint density at radius 2 is 1.93 bits per heavy atom. The lowest BCUT2D eigenvalue weighted by molar-refractivity contribution is -0.119. The van der Waals surface area contributed by atoms with Crippen molar-refractivity contribution in [1.82, 2.24) is 14.9 Å². The molecule has 1 aliphatic rings. The highest BCUT2D eigenvalue weighted by Gasteiger charge is 2.24. The van der Waals surface area contributed by atoms with E-state index in [1.54, 1.807) is 18.4 Å². The average Bonchev–Trinajstić information content (AvgIpc) is 3.12. The van der Waals surface area contributed by atoms with E-state index in [2.05, 4.69) is 27.3 Å². The lowest BCUT2D eigenvalue weighted by Gasteiger charge is -2.35. The van der Waals surface area contributed by atoms with Crippen LogP contribution in [-0.2, 0) is 16.1 Å². The predicted octanol–water partition coefficient (Wildman–Crippen LogP) is 2.11. The van der Waals surface area contributed by atoms with E-state index in [0.29, 0.717) is 19.0 Å². The molecule has 0 radical (unpaired) electrons. The smallest absolute Gasteiger partial charge is 0.231 e. The minimum atomic E-state index is -0.288. The number of benzene rings is 1. The maximum absolute atomic E-state index is 11.2. The first kappa shape index (κ1) is 18.8. The molecule has 28 heavy (non-hydrogen) atoms. The van der Waals surface area contributed by atoms with Gasteiger partial charge in [-0.15, -0.1) is 11.3 Å². The number of nitrogens with two attached hydrogens (primary N) is 1. The minimum absolute atomic E-state index is 0.288. The summed E-state index contributed by atoms with van der Waals surface area (Å²) in [5, 5.41) is 3.23. The van der Waals surface area contributed by atoms with Gasteiger partial charge in [-0.2, -0.15) is 0 Å². The van der Waals surface area contributed by atoms with E-state index in [1.165, 1.54) is 0 Å². The van der Waals surface area contributed by atoms with Crippen LogP contribution in [-0.4, -0.2) is 60.6 Å². The quantitative estimate of drug-likeness (QED) is 0.686. The molecule has 3 aromatic rings. The minimum Gasteiger partial charge on any atom is -0.377 e. The van der Waals surface area contributed by atoms with Crippen LogP contribution in [0, 0.1) is 0 Å². The molecule has 1 saturated heterocycles. The number of amides is 1. The third-order valence-corrected chi connectivity index (χ3v) is 5.74. The number of rotatable bonds is 6. The summed E-state index contributed by atoms with van der Waals surface area (Å²) in [7, 11) is 1.65. The Bertz CT molecular complexity index is 967. The monoisotopic (exact) mass is 397 g/mol. The first-order valence-electron chi connectivity index (χ1n) is 9.24. The average molecular weight is 398 g/mol. The highest BCUT2D eigenvalue weighted by molar-refractivity contribution is 7.17. The number of aromatic nitrogens is 2. The molecule has 0 saturated carbocycles. The summed E-state index contributed by atoms with van der Waals surface area (Å²) in [6.45, 7) is 3.81.